The van der Waals surface area contributed by atoms with Gasteiger partial charge in [0.05, 0.1) is 0 Å². The molecule has 0 atom stereocenters. The number of rotatable bonds is 1. The number of hydrogen-bond donors (Lipinski definition) is 2. The van der Waals surface area contributed by atoms with Gasteiger partial charge in [-0.3, -0.25) is 0 Å². The van der Waals surface area contributed by atoms with Gasteiger partial charge in [0, 0.05) is 5.39 Å². The fraction of sp³-hybridized carbons (Fsp3) is 0. The fourth-order valence-electron chi connectivity index (χ4n) is 2.28. The van der Waals surface area contributed by atoms with Gasteiger partial charge in [0.2, 0.25) is 0 Å². The molecule has 0 spiro atoms. The van der Waals surface area contributed by atoms with E-state index in [9.17, 15) is 23.4 Å². The van der Waals surface area contributed by atoms with Gasteiger partial charge in [-0.15, -0.1) is 0 Å². The highest BCUT2D eigenvalue weighted by Gasteiger charge is 2.14. The minimum Gasteiger partial charge on any atom is -0.508 e. The van der Waals surface area contributed by atoms with E-state index in [1.54, 1.807) is 0 Å². The summed E-state index contributed by atoms with van der Waals surface area (Å²) in [6.07, 6.45) is 0. The molecule has 3 rings (SSSR count). The molecule has 3 aromatic carbocycles. The second kappa shape index (κ2) is 4.70. The molecule has 0 aliphatic carbocycles. The molecule has 0 radical (unpaired) electrons. The van der Waals surface area contributed by atoms with Gasteiger partial charge >= 0.3 is 0 Å². The molecule has 21 heavy (non-hydrogen) atoms. The summed E-state index contributed by atoms with van der Waals surface area (Å²) in [6.45, 7) is 0. The summed E-state index contributed by atoms with van der Waals surface area (Å²) < 4.78 is 39.8. The van der Waals surface area contributed by atoms with Crippen LogP contribution in [0.3, 0.4) is 0 Å². The van der Waals surface area contributed by atoms with E-state index in [0.29, 0.717) is 16.3 Å². The van der Waals surface area contributed by atoms with Crippen molar-refractivity contribution in [1.29, 1.82) is 0 Å². The summed E-state index contributed by atoms with van der Waals surface area (Å²) in [5, 5.41) is 20.2. The number of halogens is 3. The van der Waals surface area contributed by atoms with E-state index in [1.165, 1.54) is 30.3 Å². The van der Waals surface area contributed by atoms with Crippen LogP contribution in [0.25, 0.3) is 21.9 Å². The molecule has 2 N–H and O–H groups in total. The first-order valence-corrected chi connectivity index (χ1v) is 6.07. The third-order valence-electron chi connectivity index (χ3n) is 3.27. The van der Waals surface area contributed by atoms with Crippen molar-refractivity contribution in [1.82, 2.24) is 0 Å². The van der Waals surface area contributed by atoms with Crippen molar-refractivity contribution in [2.45, 2.75) is 0 Å². The van der Waals surface area contributed by atoms with E-state index in [4.69, 9.17) is 0 Å². The third-order valence-corrected chi connectivity index (χ3v) is 3.27. The predicted octanol–water partition coefficient (Wildman–Crippen LogP) is 4.34. The molecule has 3 aromatic rings. The second-order valence-corrected chi connectivity index (χ2v) is 4.62. The Labute approximate surface area is 117 Å². The number of hydrogen-bond acceptors (Lipinski definition) is 2. The van der Waals surface area contributed by atoms with Gasteiger partial charge in [-0.25, -0.2) is 13.2 Å². The normalized spacial score (nSPS) is 11.0. The average Bonchev–Trinajstić information content (AvgIpc) is 2.44. The van der Waals surface area contributed by atoms with Crippen molar-refractivity contribution < 1.29 is 23.4 Å². The van der Waals surface area contributed by atoms with E-state index in [-0.39, 0.29) is 17.1 Å². The molecule has 0 bridgehead atoms. The maximum atomic E-state index is 13.4. The van der Waals surface area contributed by atoms with Crippen LogP contribution in [0.4, 0.5) is 13.2 Å². The van der Waals surface area contributed by atoms with Crippen molar-refractivity contribution in [3.63, 3.8) is 0 Å². The molecular formula is C16H9F3O2. The minimum atomic E-state index is -1.54. The molecule has 0 saturated carbocycles. The lowest BCUT2D eigenvalue weighted by molar-refractivity contribution is 0.448. The van der Waals surface area contributed by atoms with Gasteiger partial charge in [0.25, 0.3) is 0 Å². The smallest absolute Gasteiger partial charge is 0.194 e. The lowest BCUT2D eigenvalue weighted by Crippen LogP contribution is -1.92. The quantitative estimate of drug-likeness (QED) is 0.655. The van der Waals surface area contributed by atoms with Crippen LogP contribution < -0.4 is 0 Å². The molecule has 0 aliphatic heterocycles. The zero-order chi connectivity index (χ0) is 15.1. The first-order valence-electron chi connectivity index (χ1n) is 6.07. The second-order valence-electron chi connectivity index (χ2n) is 4.62. The lowest BCUT2D eigenvalue weighted by Gasteiger charge is -2.10. The highest BCUT2D eigenvalue weighted by Crippen LogP contribution is 2.36. The van der Waals surface area contributed by atoms with Gasteiger partial charge in [-0.1, -0.05) is 6.07 Å². The molecule has 0 aromatic heterocycles. The van der Waals surface area contributed by atoms with Gasteiger partial charge in [0.1, 0.15) is 11.5 Å². The topological polar surface area (TPSA) is 40.5 Å². The summed E-state index contributed by atoms with van der Waals surface area (Å²) in [6, 6.07) is 8.79. The van der Waals surface area contributed by atoms with E-state index in [1.807, 2.05) is 0 Å². The highest BCUT2D eigenvalue weighted by atomic mass is 19.2. The summed E-state index contributed by atoms with van der Waals surface area (Å²) >= 11 is 0. The summed E-state index contributed by atoms with van der Waals surface area (Å²) in [7, 11) is 0. The number of benzene rings is 3. The lowest BCUT2D eigenvalue weighted by atomic mass is 9.97. The zero-order valence-corrected chi connectivity index (χ0v) is 10.6. The predicted molar refractivity (Wildman–Crippen MR) is 72.6 cm³/mol. The molecule has 5 heteroatoms. The Balaban J connectivity index is 2.35. The Morgan fingerprint density at radius 1 is 0.714 bits per heavy atom. The molecule has 0 aliphatic rings. The number of aromatic hydroxyl groups is 2. The van der Waals surface area contributed by atoms with Gasteiger partial charge in [-0.2, -0.15) is 0 Å². The zero-order valence-electron chi connectivity index (χ0n) is 10.6. The van der Waals surface area contributed by atoms with Crippen molar-refractivity contribution >= 4 is 10.8 Å². The van der Waals surface area contributed by atoms with Crippen molar-refractivity contribution in [2.75, 3.05) is 0 Å². The van der Waals surface area contributed by atoms with Gasteiger partial charge in [0.15, 0.2) is 17.5 Å². The summed E-state index contributed by atoms with van der Waals surface area (Å²) in [4.78, 5) is 0. The molecule has 0 amide bonds. The molecule has 0 unspecified atom stereocenters. The number of phenols is 2. The van der Waals surface area contributed by atoms with Crippen LogP contribution >= 0.6 is 0 Å². The van der Waals surface area contributed by atoms with Crippen LogP contribution in [-0.4, -0.2) is 10.2 Å². The Morgan fingerprint density at radius 2 is 1.38 bits per heavy atom. The standard InChI is InChI=1S/C16H9F3O2/c17-13-5-8(6-14(18)16(13)19)10-3-4-15(21)11-2-1-9(20)7-12(10)11/h1-7,20-21H. The monoisotopic (exact) mass is 290 g/mol. The molecule has 0 heterocycles. The average molecular weight is 290 g/mol. The minimum absolute atomic E-state index is 0.0307. The largest absolute Gasteiger partial charge is 0.508 e. The van der Waals surface area contributed by atoms with E-state index >= 15 is 0 Å². The molecule has 0 saturated heterocycles. The van der Waals surface area contributed by atoms with E-state index < -0.39 is 17.5 Å². The van der Waals surface area contributed by atoms with Crippen molar-refractivity contribution in [3.05, 3.63) is 59.9 Å². The van der Waals surface area contributed by atoms with E-state index in [2.05, 4.69) is 0 Å². The molecular weight excluding hydrogens is 281 g/mol. The summed E-state index contributed by atoms with van der Waals surface area (Å²) in [5.74, 6) is -4.23. The number of fused-ring (bicyclic) bond motifs is 1. The first kappa shape index (κ1) is 13.3. The van der Waals surface area contributed by atoms with Crippen molar-refractivity contribution in [3.8, 4) is 22.6 Å². The highest BCUT2D eigenvalue weighted by molar-refractivity contribution is 6.00. The van der Waals surface area contributed by atoms with Gasteiger partial charge < -0.3 is 10.2 Å². The molecule has 0 fully saturated rings. The fourth-order valence-corrected chi connectivity index (χ4v) is 2.28. The Hall–Kier alpha value is -2.69. The number of phenolic OH excluding ortho intramolecular Hbond substituents is 2. The maximum absolute atomic E-state index is 13.4. The Kier molecular flexibility index (Phi) is 2.97. The van der Waals surface area contributed by atoms with Crippen LogP contribution in [0.5, 0.6) is 11.5 Å². The third kappa shape index (κ3) is 2.16. The summed E-state index contributed by atoms with van der Waals surface area (Å²) in [5.41, 5.74) is 0.485. The first-order chi connectivity index (χ1) is 9.97. The van der Waals surface area contributed by atoms with E-state index in [0.717, 1.165) is 12.1 Å². The van der Waals surface area contributed by atoms with Crippen LogP contribution in [0.2, 0.25) is 0 Å². The Morgan fingerprint density at radius 3 is 2.05 bits per heavy atom. The molecule has 106 valence electrons. The maximum Gasteiger partial charge on any atom is 0.194 e. The van der Waals surface area contributed by atoms with Crippen LogP contribution in [-0.2, 0) is 0 Å². The van der Waals surface area contributed by atoms with Gasteiger partial charge in [-0.05, 0) is 52.9 Å². The SMILES string of the molecule is Oc1ccc2c(O)ccc(-c3cc(F)c(F)c(F)c3)c2c1. The van der Waals surface area contributed by atoms with Crippen LogP contribution in [0.1, 0.15) is 0 Å². The molecule has 2 nitrogen and oxygen atoms in total. The Bertz CT molecular complexity index is 837. The van der Waals surface area contributed by atoms with Crippen LogP contribution in [0.15, 0.2) is 42.5 Å². The van der Waals surface area contributed by atoms with Crippen molar-refractivity contribution in [2.24, 2.45) is 0 Å². The van der Waals surface area contributed by atoms with Crippen LogP contribution in [0, 0.1) is 17.5 Å².